The van der Waals surface area contributed by atoms with Crippen LogP contribution in [0.3, 0.4) is 0 Å². The predicted molar refractivity (Wildman–Crippen MR) is 39.7 cm³/mol. The van der Waals surface area contributed by atoms with Crippen molar-refractivity contribution >= 4 is 24.0 Å². The third-order valence-corrected chi connectivity index (χ3v) is 2.52. The lowest BCUT2D eigenvalue weighted by Crippen LogP contribution is -2.35. The van der Waals surface area contributed by atoms with Crippen LogP contribution in [0.15, 0.2) is 0 Å². The van der Waals surface area contributed by atoms with Crippen molar-refractivity contribution in [3.8, 4) is 0 Å². The third kappa shape index (κ3) is 1.31. The molecule has 0 bridgehead atoms. The van der Waals surface area contributed by atoms with Gasteiger partial charge in [0.15, 0.2) is 0 Å². The number of carbonyl (C=O) groups excluding carboxylic acids is 2. The minimum absolute atomic E-state index is 0.0119. The Morgan fingerprint density at radius 2 is 2.50 bits per heavy atom. The molecule has 1 aliphatic heterocycles. The SMILES string of the molecule is CC(=O)N1CSC[C@H]1C=O. The number of carbonyl (C=O) groups is 2. The highest BCUT2D eigenvalue weighted by atomic mass is 32.2. The number of rotatable bonds is 1. The topological polar surface area (TPSA) is 37.4 Å². The second kappa shape index (κ2) is 3.05. The lowest BCUT2D eigenvalue weighted by atomic mass is 10.3. The van der Waals surface area contributed by atoms with E-state index in [1.807, 2.05) is 0 Å². The van der Waals surface area contributed by atoms with Crippen LogP contribution in [0.2, 0.25) is 0 Å². The monoisotopic (exact) mass is 159 g/mol. The molecular weight excluding hydrogens is 150 g/mol. The summed E-state index contributed by atoms with van der Waals surface area (Å²) in [5.74, 6) is 1.41. The molecule has 0 N–H and O–H groups in total. The van der Waals surface area contributed by atoms with Crippen molar-refractivity contribution < 1.29 is 9.59 Å². The van der Waals surface area contributed by atoms with Crippen LogP contribution in [-0.2, 0) is 9.59 Å². The van der Waals surface area contributed by atoms with Gasteiger partial charge >= 0.3 is 0 Å². The smallest absolute Gasteiger partial charge is 0.220 e. The first-order chi connectivity index (χ1) is 4.75. The summed E-state index contributed by atoms with van der Waals surface area (Å²) in [6, 6.07) is -0.178. The molecule has 0 unspecified atom stereocenters. The maximum Gasteiger partial charge on any atom is 0.220 e. The van der Waals surface area contributed by atoms with Crippen molar-refractivity contribution in [3.63, 3.8) is 0 Å². The zero-order chi connectivity index (χ0) is 7.56. The molecule has 0 aliphatic carbocycles. The number of hydrogen-bond donors (Lipinski definition) is 0. The standard InChI is InChI=1S/C6H9NO2S/c1-5(9)7-4-10-3-6(7)2-8/h2,6H,3-4H2,1H3/t6-/m1/s1. The van der Waals surface area contributed by atoms with E-state index in [-0.39, 0.29) is 11.9 Å². The maximum atomic E-state index is 10.8. The van der Waals surface area contributed by atoms with Gasteiger partial charge in [-0.15, -0.1) is 11.8 Å². The first-order valence-electron chi connectivity index (χ1n) is 3.06. The third-order valence-electron chi connectivity index (χ3n) is 1.48. The minimum atomic E-state index is -0.178. The molecule has 3 nitrogen and oxygen atoms in total. The van der Waals surface area contributed by atoms with E-state index >= 15 is 0 Å². The normalized spacial score (nSPS) is 24.9. The van der Waals surface area contributed by atoms with E-state index < -0.39 is 0 Å². The molecule has 0 saturated carbocycles. The van der Waals surface area contributed by atoms with E-state index in [9.17, 15) is 9.59 Å². The van der Waals surface area contributed by atoms with Crippen LogP contribution in [0.1, 0.15) is 6.92 Å². The van der Waals surface area contributed by atoms with Crippen LogP contribution in [0, 0.1) is 0 Å². The van der Waals surface area contributed by atoms with E-state index in [4.69, 9.17) is 0 Å². The molecule has 1 aliphatic rings. The largest absolute Gasteiger partial charge is 0.323 e. The summed E-state index contributed by atoms with van der Waals surface area (Å²) in [6.07, 6.45) is 0.835. The molecule has 0 aromatic rings. The summed E-state index contributed by atoms with van der Waals surface area (Å²) in [4.78, 5) is 22.7. The second-order valence-corrected chi connectivity index (χ2v) is 3.19. The molecule has 0 radical (unpaired) electrons. The molecular formula is C6H9NO2S. The van der Waals surface area contributed by atoms with Crippen LogP contribution >= 0.6 is 11.8 Å². The number of thioether (sulfide) groups is 1. The Hall–Kier alpha value is -0.510. The molecule has 4 heteroatoms. The highest BCUT2D eigenvalue weighted by molar-refractivity contribution is 7.99. The summed E-state index contributed by atoms with van der Waals surface area (Å²) in [7, 11) is 0. The average molecular weight is 159 g/mol. The molecule has 1 atom stereocenters. The summed E-state index contributed by atoms with van der Waals surface area (Å²) in [5, 5.41) is 0. The Labute approximate surface area is 63.8 Å². The Morgan fingerprint density at radius 3 is 2.90 bits per heavy atom. The van der Waals surface area contributed by atoms with Gasteiger partial charge in [-0.05, 0) is 0 Å². The fourth-order valence-corrected chi connectivity index (χ4v) is 2.07. The number of amides is 1. The summed E-state index contributed by atoms with van der Waals surface area (Å²) >= 11 is 1.62. The van der Waals surface area contributed by atoms with Gasteiger partial charge in [0, 0.05) is 12.7 Å². The van der Waals surface area contributed by atoms with Crippen LogP contribution < -0.4 is 0 Å². The van der Waals surface area contributed by atoms with Gasteiger partial charge in [-0.25, -0.2) is 0 Å². The van der Waals surface area contributed by atoms with E-state index in [1.54, 1.807) is 16.7 Å². The van der Waals surface area contributed by atoms with Gasteiger partial charge in [0.25, 0.3) is 0 Å². The van der Waals surface area contributed by atoms with E-state index in [0.717, 1.165) is 12.0 Å². The molecule has 1 amide bonds. The highest BCUT2D eigenvalue weighted by Gasteiger charge is 2.25. The van der Waals surface area contributed by atoms with E-state index in [0.29, 0.717) is 5.88 Å². The summed E-state index contributed by atoms with van der Waals surface area (Å²) in [5.41, 5.74) is 0. The van der Waals surface area contributed by atoms with Gasteiger partial charge in [-0.1, -0.05) is 0 Å². The Bertz CT molecular complexity index is 160. The molecule has 1 fully saturated rings. The second-order valence-electron chi connectivity index (χ2n) is 2.19. The number of nitrogens with zero attached hydrogens (tertiary/aromatic N) is 1. The van der Waals surface area contributed by atoms with Gasteiger partial charge in [0.05, 0.1) is 11.9 Å². The lowest BCUT2D eigenvalue weighted by molar-refractivity contribution is -0.132. The zero-order valence-electron chi connectivity index (χ0n) is 5.74. The molecule has 1 rings (SSSR count). The van der Waals surface area contributed by atoms with Gasteiger partial charge in [-0.3, -0.25) is 4.79 Å². The predicted octanol–water partition coefficient (Wildman–Crippen LogP) is 0.107. The van der Waals surface area contributed by atoms with Crippen molar-refractivity contribution in [1.82, 2.24) is 4.90 Å². The number of hydrogen-bond acceptors (Lipinski definition) is 3. The van der Waals surface area contributed by atoms with Gasteiger partial charge in [0.2, 0.25) is 5.91 Å². The Kier molecular flexibility index (Phi) is 2.32. The first-order valence-corrected chi connectivity index (χ1v) is 4.21. The fraction of sp³-hybridized carbons (Fsp3) is 0.667. The maximum absolute atomic E-state index is 10.8. The molecule has 0 spiro atoms. The van der Waals surface area contributed by atoms with Crippen LogP contribution in [0.25, 0.3) is 0 Å². The van der Waals surface area contributed by atoms with Gasteiger partial charge in [-0.2, -0.15) is 0 Å². The average Bonchev–Trinajstić information content (AvgIpc) is 2.33. The molecule has 0 aromatic carbocycles. The van der Waals surface area contributed by atoms with E-state index in [2.05, 4.69) is 0 Å². The van der Waals surface area contributed by atoms with Crippen molar-refractivity contribution in [2.24, 2.45) is 0 Å². The van der Waals surface area contributed by atoms with Crippen molar-refractivity contribution in [3.05, 3.63) is 0 Å². The molecule has 0 aromatic heterocycles. The van der Waals surface area contributed by atoms with Crippen LogP contribution in [0.4, 0.5) is 0 Å². The van der Waals surface area contributed by atoms with Crippen LogP contribution in [0.5, 0.6) is 0 Å². The van der Waals surface area contributed by atoms with Crippen molar-refractivity contribution in [2.75, 3.05) is 11.6 Å². The van der Waals surface area contributed by atoms with Gasteiger partial charge < -0.3 is 9.69 Å². The van der Waals surface area contributed by atoms with Crippen molar-refractivity contribution in [1.29, 1.82) is 0 Å². The number of aldehydes is 1. The van der Waals surface area contributed by atoms with Gasteiger partial charge in [0.1, 0.15) is 6.29 Å². The molecule has 56 valence electrons. The first kappa shape index (κ1) is 7.60. The van der Waals surface area contributed by atoms with Crippen LogP contribution in [-0.4, -0.2) is 34.8 Å². The fourth-order valence-electron chi connectivity index (χ4n) is 0.895. The summed E-state index contributed by atoms with van der Waals surface area (Å²) in [6.45, 7) is 1.49. The van der Waals surface area contributed by atoms with E-state index in [1.165, 1.54) is 6.92 Å². The quantitative estimate of drug-likeness (QED) is 0.509. The molecule has 1 heterocycles. The Morgan fingerprint density at radius 1 is 1.80 bits per heavy atom. The highest BCUT2D eigenvalue weighted by Crippen LogP contribution is 2.18. The zero-order valence-corrected chi connectivity index (χ0v) is 6.56. The lowest BCUT2D eigenvalue weighted by Gasteiger charge is -2.16. The molecule has 10 heavy (non-hydrogen) atoms. The molecule has 1 saturated heterocycles. The van der Waals surface area contributed by atoms with Crippen molar-refractivity contribution in [2.45, 2.75) is 13.0 Å². The minimum Gasteiger partial charge on any atom is -0.323 e. The Balaban J connectivity index is 2.58. The summed E-state index contributed by atoms with van der Waals surface area (Å²) < 4.78 is 0.